The average molecular weight is 331 g/mol. The maximum absolute atomic E-state index is 12.4. The van der Waals surface area contributed by atoms with Gasteiger partial charge in [0.2, 0.25) is 0 Å². The van der Waals surface area contributed by atoms with Crippen LogP contribution in [0, 0.1) is 5.92 Å². The molecule has 2 atom stereocenters. The van der Waals surface area contributed by atoms with Crippen LogP contribution in [0.15, 0.2) is 24.3 Å². The normalized spacial score (nSPS) is 23.0. The predicted octanol–water partition coefficient (Wildman–Crippen LogP) is 3.03. The van der Waals surface area contributed by atoms with E-state index in [-0.39, 0.29) is 12.1 Å². The number of rotatable bonds is 3. The molecule has 0 saturated carbocycles. The third kappa shape index (κ3) is 4.20. The number of amides is 2. The predicted molar refractivity (Wildman–Crippen MR) is 96.4 cm³/mol. The second-order valence-electron chi connectivity index (χ2n) is 7.06. The number of piperidine rings is 1. The van der Waals surface area contributed by atoms with Crippen molar-refractivity contribution in [2.45, 2.75) is 32.7 Å². The molecule has 5 nitrogen and oxygen atoms in total. The number of morpholine rings is 1. The zero-order chi connectivity index (χ0) is 16.9. The Hall–Kier alpha value is -1.75. The lowest BCUT2D eigenvalue weighted by atomic mass is 10.0. The number of carbonyl (C=O) groups is 1. The molecule has 0 aromatic heterocycles. The van der Waals surface area contributed by atoms with E-state index < -0.39 is 0 Å². The molecule has 0 spiro atoms. The van der Waals surface area contributed by atoms with E-state index in [1.807, 2.05) is 4.90 Å². The molecule has 2 saturated heterocycles. The molecule has 132 valence electrons. The van der Waals surface area contributed by atoms with Gasteiger partial charge in [0.15, 0.2) is 0 Å². The molecule has 0 bridgehead atoms. The van der Waals surface area contributed by atoms with Crippen LogP contribution in [0.2, 0.25) is 0 Å². The number of ether oxygens (including phenoxy) is 1. The summed E-state index contributed by atoms with van der Waals surface area (Å²) in [6.45, 7) is 9.48. The van der Waals surface area contributed by atoms with Gasteiger partial charge in [0.1, 0.15) is 0 Å². The molecule has 1 N–H and O–H groups in total. The van der Waals surface area contributed by atoms with Crippen LogP contribution in [0.3, 0.4) is 0 Å². The van der Waals surface area contributed by atoms with Crippen molar-refractivity contribution >= 4 is 11.7 Å². The van der Waals surface area contributed by atoms with Gasteiger partial charge in [0.25, 0.3) is 0 Å². The minimum atomic E-state index is 0.0217. The molecule has 2 heterocycles. The summed E-state index contributed by atoms with van der Waals surface area (Å²) in [5, 5.41) is 3.14. The van der Waals surface area contributed by atoms with Gasteiger partial charge in [-0.15, -0.1) is 0 Å². The highest BCUT2D eigenvalue weighted by molar-refractivity contribution is 5.74. The number of hydrogen-bond donors (Lipinski definition) is 1. The van der Waals surface area contributed by atoms with Crippen molar-refractivity contribution in [3.05, 3.63) is 29.8 Å². The van der Waals surface area contributed by atoms with Crippen molar-refractivity contribution in [1.29, 1.82) is 0 Å². The maximum Gasteiger partial charge on any atom is 0.317 e. The smallest absolute Gasteiger partial charge is 0.317 e. The second kappa shape index (κ2) is 7.88. The lowest BCUT2D eigenvalue weighted by molar-refractivity contribution is 0.122. The van der Waals surface area contributed by atoms with Crippen LogP contribution in [0.25, 0.3) is 0 Å². The van der Waals surface area contributed by atoms with Gasteiger partial charge < -0.3 is 19.9 Å². The van der Waals surface area contributed by atoms with Crippen LogP contribution in [0.4, 0.5) is 10.5 Å². The van der Waals surface area contributed by atoms with Gasteiger partial charge in [-0.1, -0.05) is 19.1 Å². The van der Waals surface area contributed by atoms with Gasteiger partial charge >= 0.3 is 6.03 Å². The Morgan fingerprint density at radius 3 is 2.58 bits per heavy atom. The number of likely N-dealkylation sites (tertiary alicyclic amines) is 1. The SMILES string of the molecule is CC1CCCN(C(=O)NC(C)c2ccc(N3CCOCC3)cc2)C1. The summed E-state index contributed by atoms with van der Waals surface area (Å²) in [4.78, 5) is 16.7. The third-order valence-electron chi connectivity index (χ3n) is 5.05. The summed E-state index contributed by atoms with van der Waals surface area (Å²) in [6, 6.07) is 8.61. The molecule has 1 aromatic carbocycles. The van der Waals surface area contributed by atoms with Gasteiger partial charge in [-0.05, 0) is 43.4 Å². The van der Waals surface area contributed by atoms with Crippen LogP contribution >= 0.6 is 0 Å². The first-order chi connectivity index (χ1) is 11.6. The number of nitrogens with zero attached hydrogens (tertiary/aromatic N) is 2. The first-order valence-corrected chi connectivity index (χ1v) is 9.11. The number of anilines is 1. The number of nitrogens with one attached hydrogen (secondary N) is 1. The third-order valence-corrected chi connectivity index (χ3v) is 5.05. The Morgan fingerprint density at radius 2 is 1.92 bits per heavy atom. The summed E-state index contributed by atoms with van der Waals surface area (Å²) in [6.07, 6.45) is 2.33. The van der Waals surface area contributed by atoms with Crippen molar-refractivity contribution in [3.8, 4) is 0 Å². The maximum atomic E-state index is 12.4. The molecule has 1 aromatic rings. The topological polar surface area (TPSA) is 44.8 Å². The van der Waals surface area contributed by atoms with Crippen LogP contribution < -0.4 is 10.2 Å². The Kier molecular flexibility index (Phi) is 5.61. The van der Waals surface area contributed by atoms with Crippen LogP contribution in [0.1, 0.15) is 38.3 Å². The summed E-state index contributed by atoms with van der Waals surface area (Å²) >= 11 is 0. The number of carbonyl (C=O) groups excluding carboxylic acids is 1. The average Bonchev–Trinajstić information content (AvgIpc) is 2.62. The molecule has 5 heteroatoms. The largest absolute Gasteiger partial charge is 0.378 e. The first kappa shape index (κ1) is 17.1. The number of benzene rings is 1. The van der Waals surface area contributed by atoms with Crippen LogP contribution in [-0.2, 0) is 4.74 Å². The number of hydrogen-bond acceptors (Lipinski definition) is 3. The summed E-state index contributed by atoms with van der Waals surface area (Å²) in [5.74, 6) is 0.604. The van der Waals surface area contributed by atoms with Crippen molar-refractivity contribution in [2.75, 3.05) is 44.3 Å². The van der Waals surface area contributed by atoms with E-state index in [1.165, 1.54) is 12.1 Å². The van der Waals surface area contributed by atoms with Crippen molar-refractivity contribution in [1.82, 2.24) is 10.2 Å². The van der Waals surface area contributed by atoms with E-state index in [9.17, 15) is 4.79 Å². The Morgan fingerprint density at radius 1 is 1.21 bits per heavy atom. The molecule has 3 rings (SSSR count). The van der Waals surface area contributed by atoms with E-state index >= 15 is 0 Å². The highest BCUT2D eigenvalue weighted by Gasteiger charge is 2.22. The van der Waals surface area contributed by atoms with Gasteiger partial charge in [0, 0.05) is 31.9 Å². The first-order valence-electron chi connectivity index (χ1n) is 9.11. The van der Waals surface area contributed by atoms with Gasteiger partial charge in [-0.3, -0.25) is 0 Å². The zero-order valence-corrected chi connectivity index (χ0v) is 14.8. The van der Waals surface area contributed by atoms with Gasteiger partial charge in [-0.25, -0.2) is 4.79 Å². The van der Waals surface area contributed by atoms with E-state index in [2.05, 4.69) is 48.3 Å². The Labute approximate surface area is 145 Å². The molecule has 2 aliphatic heterocycles. The summed E-state index contributed by atoms with van der Waals surface area (Å²) in [7, 11) is 0. The fourth-order valence-electron chi connectivity index (χ4n) is 3.53. The van der Waals surface area contributed by atoms with Crippen LogP contribution in [0.5, 0.6) is 0 Å². The van der Waals surface area contributed by atoms with E-state index in [4.69, 9.17) is 4.74 Å². The standard InChI is InChI=1S/C19H29N3O2/c1-15-4-3-9-22(14-15)19(23)20-16(2)17-5-7-18(8-6-17)21-10-12-24-13-11-21/h5-8,15-16H,3-4,9-14H2,1-2H3,(H,20,23). The van der Waals surface area contributed by atoms with Crippen molar-refractivity contribution in [2.24, 2.45) is 5.92 Å². The highest BCUT2D eigenvalue weighted by atomic mass is 16.5. The lowest BCUT2D eigenvalue weighted by Crippen LogP contribution is -2.45. The summed E-state index contributed by atoms with van der Waals surface area (Å²) < 4.78 is 5.40. The molecule has 2 amide bonds. The molecule has 2 fully saturated rings. The molecule has 24 heavy (non-hydrogen) atoms. The number of urea groups is 1. The van der Waals surface area contributed by atoms with Crippen molar-refractivity contribution in [3.63, 3.8) is 0 Å². The van der Waals surface area contributed by atoms with E-state index in [1.54, 1.807) is 0 Å². The van der Waals surface area contributed by atoms with Gasteiger partial charge in [-0.2, -0.15) is 0 Å². The Balaban J connectivity index is 1.56. The molecular formula is C19H29N3O2. The molecular weight excluding hydrogens is 302 g/mol. The molecule has 2 aliphatic rings. The minimum Gasteiger partial charge on any atom is -0.378 e. The Bertz CT molecular complexity index is 540. The quantitative estimate of drug-likeness (QED) is 0.926. The molecule has 2 unspecified atom stereocenters. The molecule has 0 aliphatic carbocycles. The highest BCUT2D eigenvalue weighted by Crippen LogP contribution is 2.21. The second-order valence-corrected chi connectivity index (χ2v) is 7.06. The summed E-state index contributed by atoms with van der Waals surface area (Å²) in [5.41, 5.74) is 2.37. The molecule has 0 radical (unpaired) electrons. The zero-order valence-electron chi connectivity index (χ0n) is 14.8. The van der Waals surface area contributed by atoms with E-state index in [0.717, 1.165) is 51.4 Å². The minimum absolute atomic E-state index is 0.0217. The lowest BCUT2D eigenvalue weighted by Gasteiger charge is -2.32. The van der Waals surface area contributed by atoms with Crippen LogP contribution in [-0.4, -0.2) is 50.3 Å². The fourth-order valence-corrected chi connectivity index (χ4v) is 3.53. The van der Waals surface area contributed by atoms with Gasteiger partial charge in [0.05, 0.1) is 19.3 Å². The van der Waals surface area contributed by atoms with E-state index in [0.29, 0.717) is 5.92 Å². The fraction of sp³-hybridized carbons (Fsp3) is 0.632. The monoisotopic (exact) mass is 331 g/mol. The van der Waals surface area contributed by atoms with Crippen molar-refractivity contribution < 1.29 is 9.53 Å².